The van der Waals surface area contributed by atoms with E-state index in [4.69, 9.17) is 10.00 Å². The Morgan fingerprint density at radius 1 is 1.05 bits per heavy atom. The SMILES string of the molecule is Cc1ccc(C#N)c(Oc2ccc3ccc(O)cc3c2)n1. The van der Waals surface area contributed by atoms with E-state index in [1.54, 1.807) is 30.3 Å². The minimum atomic E-state index is 0.200. The van der Waals surface area contributed by atoms with Gasteiger partial charge in [-0.05, 0) is 54.1 Å². The van der Waals surface area contributed by atoms with E-state index in [1.165, 1.54) is 0 Å². The van der Waals surface area contributed by atoms with Gasteiger partial charge in [0, 0.05) is 5.69 Å². The van der Waals surface area contributed by atoms with Crippen LogP contribution >= 0.6 is 0 Å². The van der Waals surface area contributed by atoms with Gasteiger partial charge in [0.1, 0.15) is 23.1 Å². The summed E-state index contributed by atoms with van der Waals surface area (Å²) in [5, 5.41) is 20.5. The number of phenolic OH excluding ortho intramolecular Hbond substituents is 1. The molecule has 3 rings (SSSR count). The molecule has 102 valence electrons. The van der Waals surface area contributed by atoms with E-state index in [1.807, 2.05) is 25.1 Å². The molecule has 3 aromatic rings. The van der Waals surface area contributed by atoms with Crippen molar-refractivity contribution in [3.63, 3.8) is 0 Å². The molecule has 0 aliphatic rings. The molecule has 0 bridgehead atoms. The highest BCUT2D eigenvalue weighted by Crippen LogP contribution is 2.28. The number of aryl methyl sites for hydroxylation is 1. The van der Waals surface area contributed by atoms with Crippen LogP contribution in [0.15, 0.2) is 48.5 Å². The molecule has 21 heavy (non-hydrogen) atoms. The van der Waals surface area contributed by atoms with Gasteiger partial charge in [-0.15, -0.1) is 0 Å². The van der Waals surface area contributed by atoms with Crippen LogP contribution in [0.1, 0.15) is 11.3 Å². The van der Waals surface area contributed by atoms with Crippen molar-refractivity contribution in [2.75, 3.05) is 0 Å². The minimum Gasteiger partial charge on any atom is -0.508 e. The Balaban J connectivity index is 2.02. The lowest BCUT2D eigenvalue weighted by atomic mass is 10.1. The first kappa shape index (κ1) is 12.9. The molecule has 4 heteroatoms. The third-order valence-corrected chi connectivity index (χ3v) is 3.13. The fraction of sp³-hybridized carbons (Fsp3) is 0.0588. The second-order valence-electron chi connectivity index (χ2n) is 4.71. The summed E-state index contributed by atoms with van der Waals surface area (Å²) in [6, 6.07) is 16.2. The van der Waals surface area contributed by atoms with Crippen LogP contribution in [-0.4, -0.2) is 10.1 Å². The monoisotopic (exact) mass is 276 g/mol. The second kappa shape index (κ2) is 5.14. The molecule has 1 aromatic heterocycles. The van der Waals surface area contributed by atoms with E-state index < -0.39 is 0 Å². The number of hydrogen-bond donors (Lipinski definition) is 1. The third-order valence-electron chi connectivity index (χ3n) is 3.13. The second-order valence-corrected chi connectivity index (χ2v) is 4.71. The van der Waals surface area contributed by atoms with E-state index in [-0.39, 0.29) is 11.6 Å². The van der Waals surface area contributed by atoms with Crippen molar-refractivity contribution < 1.29 is 9.84 Å². The fourth-order valence-electron chi connectivity index (χ4n) is 2.08. The first-order valence-corrected chi connectivity index (χ1v) is 6.44. The molecular weight excluding hydrogens is 264 g/mol. The highest BCUT2D eigenvalue weighted by Gasteiger charge is 2.07. The average molecular weight is 276 g/mol. The Labute approximate surface area is 121 Å². The molecule has 1 N–H and O–H groups in total. The molecule has 0 radical (unpaired) electrons. The van der Waals surface area contributed by atoms with E-state index in [9.17, 15) is 5.11 Å². The van der Waals surface area contributed by atoms with Crippen LogP contribution in [0.25, 0.3) is 10.8 Å². The molecular formula is C17H12N2O2. The Bertz CT molecular complexity index is 866. The van der Waals surface area contributed by atoms with Gasteiger partial charge in [-0.3, -0.25) is 0 Å². The molecule has 0 aliphatic heterocycles. The first-order valence-electron chi connectivity index (χ1n) is 6.44. The van der Waals surface area contributed by atoms with Gasteiger partial charge >= 0.3 is 0 Å². The third kappa shape index (κ3) is 2.63. The summed E-state index contributed by atoms with van der Waals surface area (Å²) in [4.78, 5) is 4.24. The normalized spacial score (nSPS) is 10.3. The minimum absolute atomic E-state index is 0.200. The summed E-state index contributed by atoms with van der Waals surface area (Å²) in [5.41, 5.74) is 1.17. The number of pyridine rings is 1. The van der Waals surface area contributed by atoms with Crippen LogP contribution in [0.2, 0.25) is 0 Å². The van der Waals surface area contributed by atoms with Crippen molar-refractivity contribution in [3.8, 4) is 23.4 Å². The molecule has 0 saturated heterocycles. The summed E-state index contributed by atoms with van der Waals surface area (Å²) < 4.78 is 5.71. The molecule has 4 nitrogen and oxygen atoms in total. The maximum atomic E-state index is 9.53. The number of aromatic hydroxyl groups is 1. The van der Waals surface area contributed by atoms with Crippen molar-refractivity contribution in [1.82, 2.24) is 4.98 Å². The highest BCUT2D eigenvalue weighted by atomic mass is 16.5. The van der Waals surface area contributed by atoms with E-state index in [2.05, 4.69) is 11.1 Å². The number of aromatic nitrogens is 1. The number of nitriles is 1. The van der Waals surface area contributed by atoms with E-state index in [0.717, 1.165) is 16.5 Å². The van der Waals surface area contributed by atoms with Crippen LogP contribution in [0.4, 0.5) is 0 Å². The largest absolute Gasteiger partial charge is 0.508 e. The number of nitrogens with zero attached hydrogens (tertiary/aromatic N) is 2. The lowest BCUT2D eigenvalue weighted by Crippen LogP contribution is -1.93. The van der Waals surface area contributed by atoms with Crippen LogP contribution in [0.3, 0.4) is 0 Å². The number of benzene rings is 2. The zero-order chi connectivity index (χ0) is 14.8. The predicted molar refractivity (Wildman–Crippen MR) is 79.4 cm³/mol. The smallest absolute Gasteiger partial charge is 0.237 e. The number of rotatable bonds is 2. The van der Waals surface area contributed by atoms with Crippen molar-refractivity contribution in [3.05, 3.63) is 59.8 Å². The first-order chi connectivity index (χ1) is 10.2. The highest BCUT2D eigenvalue weighted by molar-refractivity contribution is 5.85. The standard InChI is InChI=1S/C17H12N2O2/c1-11-2-3-13(10-18)17(19-11)21-16-7-5-12-4-6-15(20)8-14(12)9-16/h2-9,20H,1H3. The molecule has 0 fully saturated rings. The summed E-state index contributed by atoms with van der Waals surface area (Å²) in [5.74, 6) is 1.06. The van der Waals surface area contributed by atoms with Crippen LogP contribution < -0.4 is 4.74 Å². The summed E-state index contributed by atoms with van der Waals surface area (Å²) in [7, 11) is 0. The average Bonchev–Trinajstić information content (AvgIpc) is 2.47. The number of hydrogen-bond acceptors (Lipinski definition) is 4. The fourth-order valence-corrected chi connectivity index (χ4v) is 2.08. The lowest BCUT2D eigenvalue weighted by molar-refractivity contribution is 0.460. The van der Waals surface area contributed by atoms with Gasteiger partial charge < -0.3 is 9.84 Å². The van der Waals surface area contributed by atoms with Crippen molar-refractivity contribution in [2.45, 2.75) is 6.92 Å². The van der Waals surface area contributed by atoms with Gasteiger partial charge in [-0.1, -0.05) is 12.1 Å². The van der Waals surface area contributed by atoms with Crippen molar-refractivity contribution in [2.24, 2.45) is 0 Å². The quantitative estimate of drug-likeness (QED) is 0.770. The zero-order valence-electron chi connectivity index (χ0n) is 11.4. The van der Waals surface area contributed by atoms with Crippen LogP contribution in [0, 0.1) is 18.3 Å². The van der Waals surface area contributed by atoms with Crippen LogP contribution in [0.5, 0.6) is 17.4 Å². The molecule has 1 heterocycles. The van der Waals surface area contributed by atoms with Gasteiger partial charge in [0.15, 0.2) is 0 Å². The topological polar surface area (TPSA) is 66.1 Å². The summed E-state index contributed by atoms with van der Waals surface area (Å²) >= 11 is 0. The molecule has 0 spiro atoms. The maximum absolute atomic E-state index is 9.53. The Hall–Kier alpha value is -3.06. The summed E-state index contributed by atoms with van der Waals surface area (Å²) in [6.45, 7) is 1.84. The van der Waals surface area contributed by atoms with Crippen molar-refractivity contribution in [1.29, 1.82) is 5.26 Å². The molecule has 0 aliphatic carbocycles. The maximum Gasteiger partial charge on any atom is 0.237 e. The summed E-state index contributed by atoms with van der Waals surface area (Å²) in [6.07, 6.45) is 0. The Morgan fingerprint density at radius 2 is 1.86 bits per heavy atom. The molecule has 0 amide bonds. The number of ether oxygens (including phenoxy) is 1. The number of phenols is 1. The van der Waals surface area contributed by atoms with Gasteiger partial charge in [0.05, 0.1) is 0 Å². The lowest BCUT2D eigenvalue weighted by Gasteiger charge is -2.08. The van der Waals surface area contributed by atoms with Gasteiger partial charge in [0.25, 0.3) is 0 Å². The molecule has 2 aromatic carbocycles. The van der Waals surface area contributed by atoms with E-state index in [0.29, 0.717) is 11.3 Å². The van der Waals surface area contributed by atoms with Gasteiger partial charge in [-0.25, -0.2) is 4.98 Å². The molecule has 0 saturated carbocycles. The van der Waals surface area contributed by atoms with Crippen LogP contribution in [-0.2, 0) is 0 Å². The molecule has 0 unspecified atom stereocenters. The van der Waals surface area contributed by atoms with Crippen molar-refractivity contribution >= 4 is 10.8 Å². The number of fused-ring (bicyclic) bond motifs is 1. The Kier molecular flexibility index (Phi) is 3.17. The molecule has 0 atom stereocenters. The van der Waals surface area contributed by atoms with Gasteiger partial charge in [0.2, 0.25) is 5.88 Å². The Morgan fingerprint density at radius 3 is 2.67 bits per heavy atom. The predicted octanol–water partition coefficient (Wildman–Crippen LogP) is 3.91. The zero-order valence-corrected chi connectivity index (χ0v) is 11.4. The van der Waals surface area contributed by atoms with Gasteiger partial charge in [-0.2, -0.15) is 5.26 Å². The van der Waals surface area contributed by atoms with E-state index >= 15 is 0 Å².